The van der Waals surface area contributed by atoms with Crippen molar-refractivity contribution in [3.8, 4) is 0 Å². The fraction of sp³-hybridized carbons (Fsp3) is 1.00. The molecular weight excluding hydrogens is 216 g/mol. The molecule has 1 aliphatic carbocycles. The molecule has 2 unspecified atom stereocenters. The Bertz CT molecular complexity index is 205. The van der Waals surface area contributed by atoms with Gasteiger partial charge in [-0.1, -0.05) is 0 Å². The third-order valence-corrected chi connectivity index (χ3v) is 3.94. The number of likely N-dealkylation sites (tertiary alicyclic amines) is 1. The fourth-order valence-electron chi connectivity index (χ4n) is 2.98. The largest absolute Gasteiger partial charge is 0.396 e. The maximum absolute atomic E-state index is 8.93. The van der Waals surface area contributed by atoms with Crippen molar-refractivity contribution >= 4 is 0 Å². The lowest BCUT2D eigenvalue weighted by molar-refractivity contribution is 0.120. The molecule has 2 atom stereocenters. The van der Waals surface area contributed by atoms with Crippen LogP contribution in [0.4, 0.5) is 0 Å². The normalized spacial score (nSPS) is 30.7. The minimum Gasteiger partial charge on any atom is -0.396 e. The van der Waals surface area contributed by atoms with Crippen molar-refractivity contribution in [3.63, 3.8) is 0 Å². The van der Waals surface area contributed by atoms with Crippen LogP contribution < -0.4 is 5.32 Å². The third-order valence-electron chi connectivity index (χ3n) is 3.94. The van der Waals surface area contributed by atoms with Crippen LogP contribution in [0.25, 0.3) is 0 Å². The number of rotatable bonds is 7. The summed E-state index contributed by atoms with van der Waals surface area (Å²) in [5.41, 5.74) is 0. The van der Waals surface area contributed by atoms with E-state index >= 15 is 0 Å². The van der Waals surface area contributed by atoms with Crippen LogP contribution >= 0.6 is 0 Å². The Morgan fingerprint density at radius 3 is 2.59 bits per heavy atom. The standard InChI is InChI=1S/C13H26N2O2/c16-6-1-2-11-8-12(14-5-7-17)10-15(9-11)13-3-4-13/h11-14,16-17H,1-10H2. The van der Waals surface area contributed by atoms with Gasteiger partial charge in [-0.3, -0.25) is 4.90 Å². The molecule has 1 aliphatic heterocycles. The van der Waals surface area contributed by atoms with Crippen molar-refractivity contribution < 1.29 is 10.2 Å². The molecule has 1 saturated carbocycles. The number of aliphatic hydroxyl groups excluding tert-OH is 2. The molecule has 1 heterocycles. The van der Waals surface area contributed by atoms with E-state index < -0.39 is 0 Å². The van der Waals surface area contributed by atoms with E-state index in [0.717, 1.165) is 25.4 Å². The van der Waals surface area contributed by atoms with Gasteiger partial charge in [-0.05, 0) is 38.0 Å². The summed E-state index contributed by atoms with van der Waals surface area (Å²) < 4.78 is 0. The Balaban J connectivity index is 1.80. The summed E-state index contributed by atoms with van der Waals surface area (Å²) in [5.74, 6) is 0.715. The third kappa shape index (κ3) is 4.21. The molecule has 2 fully saturated rings. The fourth-order valence-corrected chi connectivity index (χ4v) is 2.98. The molecule has 0 bridgehead atoms. The molecular formula is C13H26N2O2. The van der Waals surface area contributed by atoms with Crippen LogP contribution in [0.3, 0.4) is 0 Å². The minimum atomic E-state index is 0.223. The van der Waals surface area contributed by atoms with Gasteiger partial charge in [0.05, 0.1) is 6.61 Å². The highest BCUT2D eigenvalue weighted by Gasteiger charge is 2.35. The van der Waals surface area contributed by atoms with Gasteiger partial charge < -0.3 is 15.5 Å². The van der Waals surface area contributed by atoms with E-state index in [1.807, 2.05) is 0 Å². The predicted molar refractivity (Wildman–Crippen MR) is 67.9 cm³/mol. The molecule has 0 amide bonds. The molecule has 0 aromatic carbocycles. The minimum absolute atomic E-state index is 0.223. The second kappa shape index (κ2) is 6.69. The van der Waals surface area contributed by atoms with E-state index in [4.69, 9.17) is 10.2 Å². The number of nitrogens with one attached hydrogen (secondary N) is 1. The molecule has 0 aromatic rings. The summed E-state index contributed by atoms with van der Waals surface area (Å²) in [6.07, 6.45) is 5.98. The number of nitrogens with zero attached hydrogens (tertiary/aromatic N) is 1. The van der Waals surface area contributed by atoms with Crippen LogP contribution in [0.2, 0.25) is 0 Å². The molecule has 3 N–H and O–H groups in total. The first-order valence-electron chi connectivity index (χ1n) is 7.02. The van der Waals surface area contributed by atoms with Crippen LogP contribution in [0, 0.1) is 5.92 Å². The van der Waals surface area contributed by atoms with E-state index in [2.05, 4.69) is 10.2 Å². The van der Waals surface area contributed by atoms with Crippen LogP contribution in [-0.2, 0) is 0 Å². The van der Waals surface area contributed by atoms with Crippen LogP contribution in [-0.4, -0.2) is 60.0 Å². The molecule has 1 saturated heterocycles. The highest BCUT2D eigenvalue weighted by atomic mass is 16.3. The van der Waals surface area contributed by atoms with Gasteiger partial charge in [0.1, 0.15) is 0 Å². The van der Waals surface area contributed by atoms with Crippen LogP contribution in [0.1, 0.15) is 32.1 Å². The van der Waals surface area contributed by atoms with Gasteiger partial charge in [0.25, 0.3) is 0 Å². The lowest BCUT2D eigenvalue weighted by atomic mass is 9.90. The quantitative estimate of drug-likeness (QED) is 0.597. The van der Waals surface area contributed by atoms with Crippen molar-refractivity contribution in [2.24, 2.45) is 5.92 Å². The SMILES string of the molecule is OCCCC1CC(NCCO)CN(C2CC2)C1. The van der Waals surface area contributed by atoms with E-state index in [9.17, 15) is 0 Å². The van der Waals surface area contributed by atoms with Crippen molar-refractivity contribution in [2.45, 2.75) is 44.2 Å². The van der Waals surface area contributed by atoms with Gasteiger partial charge in [-0.15, -0.1) is 0 Å². The van der Waals surface area contributed by atoms with Crippen LogP contribution in [0.5, 0.6) is 0 Å². The average Bonchev–Trinajstić information content (AvgIpc) is 3.18. The zero-order valence-electron chi connectivity index (χ0n) is 10.6. The maximum atomic E-state index is 8.93. The Labute approximate surface area is 104 Å². The van der Waals surface area contributed by atoms with Crippen molar-refractivity contribution in [3.05, 3.63) is 0 Å². The Kier molecular flexibility index (Phi) is 5.22. The zero-order valence-corrected chi connectivity index (χ0v) is 10.6. The first kappa shape index (κ1) is 13.3. The van der Waals surface area contributed by atoms with Crippen molar-refractivity contribution in [2.75, 3.05) is 32.8 Å². The van der Waals surface area contributed by atoms with Gasteiger partial charge in [-0.2, -0.15) is 0 Å². The second-order valence-electron chi connectivity index (χ2n) is 5.53. The number of piperidine rings is 1. The Hall–Kier alpha value is -0.160. The molecule has 2 rings (SSSR count). The maximum Gasteiger partial charge on any atom is 0.0556 e. The molecule has 100 valence electrons. The van der Waals surface area contributed by atoms with Gasteiger partial charge >= 0.3 is 0 Å². The summed E-state index contributed by atoms with van der Waals surface area (Å²) in [4.78, 5) is 2.61. The topological polar surface area (TPSA) is 55.7 Å². The molecule has 4 heteroatoms. The Morgan fingerprint density at radius 2 is 1.94 bits per heavy atom. The summed E-state index contributed by atoms with van der Waals surface area (Å²) >= 11 is 0. The van der Waals surface area contributed by atoms with E-state index in [1.165, 1.54) is 25.8 Å². The monoisotopic (exact) mass is 242 g/mol. The van der Waals surface area contributed by atoms with Gasteiger partial charge in [0.15, 0.2) is 0 Å². The predicted octanol–water partition coefficient (Wildman–Crippen LogP) is 0.194. The number of hydrogen-bond acceptors (Lipinski definition) is 4. The average molecular weight is 242 g/mol. The lowest BCUT2D eigenvalue weighted by Gasteiger charge is -2.38. The molecule has 0 spiro atoms. The molecule has 4 nitrogen and oxygen atoms in total. The summed E-state index contributed by atoms with van der Waals surface area (Å²) in [7, 11) is 0. The zero-order chi connectivity index (χ0) is 12.1. The molecule has 17 heavy (non-hydrogen) atoms. The molecule has 0 radical (unpaired) electrons. The molecule has 0 aromatic heterocycles. The smallest absolute Gasteiger partial charge is 0.0556 e. The number of hydrogen-bond donors (Lipinski definition) is 3. The summed E-state index contributed by atoms with van der Waals surface area (Å²) in [6.45, 7) is 3.59. The van der Waals surface area contributed by atoms with Crippen molar-refractivity contribution in [1.82, 2.24) is 10.2 Å². The van der Waals surface area contributed by atoms with Crippen LogP contribution in [0.15, 0.2) is 0 Å². The highest BCUT2D eigenvalue weighted by molar-refractivity contribution is 4.92. The summed E-state index contributed by atoms with van der Waals surface area (Å²) in [5, 5.41) is 21.2. The molecule has 2 aliphatic rings. The van der Waals surface area contributed by atoms with E-state index in [-0.39, 0.29) is 6.61 Å². The highest BCUT2D eigenvalue weighted by Crippen LogP contribution is 2.32. The van der Waals surface area contributed by atoms with Gasteiger partial charge in [0, 0.05) is 38.3 Å². The Morgan fingerprint density at radius 1 is 1.12 bits per heavy atom. The van der Waals surface area contributed by atoms with Crippen molar-refractivity contribution in [1.29, 1.82) is 0 Å². The first-order valence-corrected chi connectivity index (χ1v) is 7.02. The lowest BCUT2D eigenvalue weighted by Crippen LogP contribution is -2.50. The first-order chi connectivity index (χ1) is 8.33. The summed E-state index contributed by atoms with van der Waals surface area (Å²) in [6, 6.07) is 1.35. The van der Waals surface area contributed by atoms with Gasteiger partial charge in [-0.25, -0.2) is 0 Å². The second-order valence-corrected chi connectivity index (χ2v) is 5.53. The van der Waals surface area contributed by atoms with E-state index in [0.29, 0.717) is 25.1 Å². The number of aliphatic hydroxyl groups is 2. The van der Waals surface area contributed by atoms with Gasteiger partial charge in [0.2, 0.25) is 0 Å². The van der Waals surface area contributed by atoms with E-state index in [1.54, 1.807) is 0 Å².